The van der Waals surface area contributed by atoms with Gasteiger partial charge in [-0.05, 0) is 24.2 Å². The second-order valence-corrected chi connectivity index (χ2v) is 6.98. The lowest BCUT2D eigenvalue weighted by molar-refractivity contribution is 0.139. The van der Waals surface area contributed by atoms with Crippen LogP contribution in [0.1, 0.15) is 19.8 Å². The van der Waals surface area contributed by atoms with Gasteiger partial charge in [-0.3, -0.25) is 4.18 Å². The summed E-state index contributed by atoms with van der Waals surface area (Å²) < 4.78 is 27.1. The highest BCUT2D eigenvalue weighted by atomic mass is 32.2. The summed E-state index contributed by atoms with van der Waals surface area (Å²) in [7, 11) is -3.43. The van der Waals surface area contributed by atoms with Crippen LogP contribution in [0.4, 0.5) is 4.79 Å². The van der Waals surface area contributed by atoms with Crippen molar-refractivity contribution < 1.29 is 22.5 Å². The zero-order valence-corrected chi connectivity index (χ0v) is 10.7. The third-order valence-electron chi connectivity index (χ3n) is 3.80. The lowest BCUT2D eigenvalue weighted by Crippen LogP contribution is -2.31. The molecule has 3 atom stereocenters. The molecular weight excluding hydrogens is 246 g/mol. The molecule has 1 amide bonds. The van der Waals surface area contributed by atoms with Crippen LogP contribution in [-0.2, 0) is 14.3 Å². The lowest BCUT2D eigenvalue weighted by Gasteiger charge is -2.22. The summed E-state index contributed by atoms with van der Waals surface area (Å²) >= 11 is 0. The molecule has 2 aliphatic rings. The number of carbonyl (C=O) groups is 1. The second-order valence-electron chi connectivity index (χ2n) is 5.38. The van der Waals surface area contributed by atoms with E-state index in [1.165, 1.54) is 4.90 Å². The van der Waals surface area contributed by atoms with Gasteiger partial charge in [0, 0.05) is 13.1 Å². The molecule has 1 aliphatic heterocycles. The summed E-state index contributed by atoms with van der Waals surface area (Å²) in [6, 6.07) is 0. The molecule has 0 aromatic heterocycles. The fraction of sp³-hybridized carbons (Fsp3) is 0.900. The van der Waals surface area contributed by atoms with Crippen molar-refractivity contribution >= 4 is 16.2 Å². The highest BCUT2D eigenvalue weighted by Crippen LogP contribution is 2.49. The summed E-state index contributed by atoms with van der Waals surface area (Å²) in [5, 5.41) is 8.93. The number of carboxylic acid groups (broad SMARTS) is 1. The van der Waals surface area contributed by atoms with E-state index in [1.807, 2.05) is 6.92 Å². The quantitative estimate of drug-likeness (QED) is 0.743. The normalized spacial score (nSPS) is 37.2. The van der Waals surface area contributed by atoms with Gasteiger partial charge in [0.2, 0.25) is 0 Å². The van der Waals surface area contributed by atoms with Gasteiger partial charge in [-0.1, -0.05) is 6.92 Å². The Balaban J connectivity index is 2.03. The lowest BCUT2D eigenvalue weighted by atomic mass is 9.83. The number of amides is 1. The molecule has 0 aromatic carbocycles. The first kappa shape index (κ1) is 12.6. The van der Waals surface area contributed by atoms with E-state index in [1.54, 1.807) is 0 Å². The molecule has 0 aromatic rings. The molecule has 0 bridgehead atoms. The van der Waals surface area contributed by atoms with Crippen molar-refractivity contribution in [3.05, 3.63) is 0 Å². The highest BCUT2D eigenvalue weighted by molar-refractivity contribution is 7.86. The molecule has 1 heterocycles. The SMILES string of the molecule is CC12CC(OS(C)(=O)=O)CC1CN(C(=O)O)C2. The fourth-order valence-electron chi connectivity index (χ4n) is 3.09. The van der Waals surface area contributed by atoms with Crippen molar-refractivity contribution in [3.8, 4) is 0 Å². The Morgan fingerprint density at radius 2 is 2.18 bits per heavy atom. The van der Waals surface area contributed by atoms with Crippen molar-refractivity contribution in [1.29, 1.82) is 0 Å². The van der Waals surface area contributed by atoms with E-state index >= 15 is 0 Å². The second kappa shape index (κ2) is 3.84. The monoisotopic (exact) mass is 263 g/mol. The number of likely N-dealkylation sites (tertiary alicyclic amines) is 1. The van der Waals surface area contributed by atoms with Crippen LogP contribution in [0.3, 0.4) is 0 Å². The Morgan fingerprint density at radius 1 is 1.53 bits per heavy atom. The van der Waals surface area contributed by atoms with Gasteiger partial charge in [0.25, 0.3) is 10.1 Å². The number of hydrogen-bond acceptors (Lipinski definition) is 4. The van der Waals surface area contributed by atoms with Crippen LogP contribution < -0.4 is 0 Å². The van der Waals surface area contributed by atoms with E-state index in [4.69, 9.17) is 9.29 Å². The van der Waals surface area contributed by atoms with Crippen LogP contribution in [0.2, 0.25) is 0 Å². The van der Waals surface area contributed by atoms with Gasteiger partial charge in [0.1, 0.15) is 0 Å². The standard InChI is InChI=1S/C10H17NO5S/c1-10-4-8(16-17(2,14)15)3-7(10)5-11(6-10)9(12)13/h7-8H,3-6H2,1-2H3,(H,12,13). The van der Waals surface area contributed by atoms with Gasteiger partial charge < -0.3 is 10.0 Å². The fourth-order valence-corrected chi connectivity index (χ4v) is 3.73. The molecule has 0 spiro atoms. The van der Waals surface area contributed by atoms with Gasteiger partial charge in [0.15, 0.2) is 0 Å². The summed E-state index contributed by atoms with van der Waals surface area (Å²) in [6.07, 6.45) is 1.08. The maximum Gasteiger partial charge on any atom is 0.407 e. The number of nitrogens with zero attached hydrogens (tertiary/aromatic N) is 1. The molecule has 3 unspecified atom stereocenters. The predicted molar refractivity (Wildman–Crippen MR) is 60.1 cm³/mol. The molecule has 2 rings (SSSR count). The van der Waals surface area contributed by atoms with Crippen molar-refractivity contribution in [2.75, 3.05) is 19.3 Å². The van der Waals surface area contributed by atoms with Gasteiger partial charge in [0.05, 0.1) is 12.4 Å². The Hall–Kier alpha value is -0.820. The van der Waals surface area contributed by atoms with E-state index in [9.17, 15) is 13.2 Å². The minimum Gasteiger partial charge on any atom is -0.465 e. The maximum absolute atomic E-state index is 11.1. The Kier molecular flexibility index (Phi) is 2.86. The van der Waals surface area contributed by atoms with Crippen LogP contribution in [0.25, 0.3) is 0 Å². The van der Waals surface area contributed by atoms with Gasteiger partial charge in [-0.25, -0.2) is 4.79 Å². The number of rotatable bonds is 2. The third-order valence-corrected chi connectivity index (χ3v) is 4.42. The molecule has 1 aliphatic carbocycles. The van der Waals surface area contributed by atoms with E-state index < -0.39 is 16.2 Å². The van der Waals surface area contributed by atoms with Crippen LogP contribution in [-0.4, -0.2) is 50.0 Å². The van der Waals surface area contributed by atoms with Gasteiger partial charge >= 0.3 is 6.09 Å². The molecule has 1 saturated heterocycles. The van der Waals surface area contributed by atoms with Crippen molar-refractivity contribution in [3.63, 3.8) is 0 Å². The van der Waals surface area contributed by atoms with Crippen LogP contribution in [0.5, 0.6) is 0 Å². The average molecular weight is 263 g/mol. The van der Waals surface area contributed by atoms with Crippen LogP contribution in [0, 0.1) is 11.3 Å². The van der Waals surface area contributed by atoms with Crippen LogP contribution in [0.15, 0.2) is 0 Å². The molecule has 2 fully saturated rings. The first-order valence-corrected chi connectivity index (χ1v) is 7.37. The summed E-state index contributed by atoms with van der Waals surface area (Å²) in [5.41, 5.74) is -0.145. The van der Waals surface area contributed by atoms with E-state index in [-0.39, 0.29) is 17.4 Å². The van der Waals surface area contributed by atoms with Crippen molar-refractivity contribution in [1.82, 2.24) is 4.90 Å². The third kappa shape index (κ3) is 2.55. The molecule has 98 valence electrons. The number of fused-ring (bicyclic) bond motifs is 1. The molecule has 6 nitrogen and oxygen atoms in total. The van der Waals surface area contributed by atoms with Gasteiger partial charge in [-0.15, -0.1) is 0 Å². The van der Waals surface area contributed by atoms with Crippen molar-refractivity contribution in [2.45, 2.75) is 25.9 Å². The molecule has 17 heavy (non-hydrogen) atoms. The molecular formula is C10H17NO5S. The first-order chi connectivity index (χ1) is 7.70. The van der Waals surface area contributed by atoms with Crippen LogP contribution >= 0.6 is 0 Å². The number of hydrogen-bond donors (Lipinski definition) is 1. The Bertz CT molecular complexity index is 434. The van der Waals surface area contributed by atoms with Crippen molar-refractivity contribution in [2.24, 2.45) is 11.3 Å². The smallest absolute Gasteiger partial charge is 0.407 e. The van der Waals surface area contributed by atoms with E-state index in [0.717, 1.165) is 6.26 Å². The summed E-state index contributed by atoms with van der Waals surface area (Å²) in [5.74, 6) is 0.199. The Labute approximate surface area is 101 Å². The average Bonchev–Trinajstić information content (AvgIpc) is 2.52. The summed E-state index contributed by atoms with van der Waals surface area (Å²) in [4.78, 5) is 12.3. The predicted octanol–water partition coefficient (Wildman–Crippen LogP) is 0.741. The first-order valence-electron chi connectivity index (χ1n) is 5.56. The largest absolute Gasteiger partial charge is 0.465 e. The minimum atomic E-state index is -3.43. The van der Waals surface area contributed by atoms with E-state index in [0.29, 0.717) is 25.9 Å². The molecule has 7 heteroatoms. The zero-order chi connectivity index (χ0) is 12.8. The molecule has 1 N–H and O–H groups in total. The minimum absolute atomic E-state index is 0.145. The van der Waals surface area contributed by atoms with Gasteiger partial charge in [-0.2, -0.15) is 8.42 Å². The highest BCUT2D eigenvalue weighted by Gasteiger charge is 2.51. The summed E-state index contributed by atoms with van der Waals surface area (Å²) in [6.45, 7) is 2.96. The molecule has 0 radical (unpaired) electrons. The van der Waals surface area contributed by atoms with E-state index in [2.05, 4.69) is 0 Å². The topological polar surface area (TPSA) is 83.9 Å². The Morgan fingerprint density at radius 3 is 2.65 bits per heavy atom. The zero-order valence-electron chi connectivity index (χ0n) is 9.92. The maximum atomic E-state index is 11.1. The molecule has 1 saturated carbocycles.